The van der Waals surface area contributed by atoms with Gasteiger partial charge in [-0.2, -0.15) is 0 Å². The minimum Gasteiger partial charge on any atom is -0.457 e. The topological polar surface area (TPSA) is 9.23 Å². The van der Waals surface area contributed by atoms with Gasteiger partial charge in [0.05, 0.1) is 0 Å². The fourth-order valence-corrected chi connectivity index (χ4v) is 1.96. The van der Waals surface area contributed by atoms with Crippen molar-refractivity contribution in [3.63, 3.8) is 0 Å². The van der Waals surface area contributed by atoms with Crippen molar-refractivity contribution in [3.05, 3.63) is 65.7 Å². The molecule has 20 heavy (non-hydrogen) atoms. The fraction of sp³-hybridized carbons (Fsp3) is 0.263. The number of benzene rings is 2. The summed E-state index contributed by atoms with van der Waals surface area (Å²) in [6, 6.07) is 16.5. The molecule has 0 saturated carbocycles. The van der Waals surface area contributed by atoms with E-state index in [0.29, 0.717) is 0 Å². The predicted molar refractivity (Wildman–Crippen MR) is 86.3 cm³/mol. The van der Waals surface area contributed by atoms with E-state index in [1.165, 1.54) is 17.5 Å². The van der Waals surface area contributed by atoms with Crippen LogP contribution in [0, 0.1) is 0 Å². The molecule has 0 saturated heterocycles. The fourth-order valence-electron chi connectivity index (χ4n) is 1.96. The van der Waals surface area contributed by atoms with Gasteiger partial charge in [0.1, 0.15) is 11.5 Å². The molecule has 2 rings (SSSR count). The summed E-state index contributed by atoms with van der Waals surface area (Å²) in [5.41, 5.74) is 2.54. The number of unbranched alkanes of at least 4 members (excludes halogenated alkanes) is 1. The molecule has 0 heterocycles. The van der Waals surface area contributed by atoms with Crippen molar-refractivity contribution < 1.29 is 4.74 Å². The molecular weight excluding hydrogens is 244 g/mol. The van der Waals surface area contributed by atoms with Gasteiger partial charge in [-0.25, -0.2) is 0 Å². The quantitative estimate of drug-likeness (QED) is 0.636. The zero-order chi connectivity index (χ0) is 14.2. The highest BCUT2D eigenvalue weighted by molar-refractivity contribution is 5.50. The van der Waals surface area contributed by atoms with E-state index in [0.717, 1.165) is 24.3 Å². The molecule has 1 heteroatoms. The summed E-state index contributed by atoms with van der Waals surface area (Å²) in [7, 11) is 0. The van der Waals surface area contributed by atoms with Crippen molar-refractivity contribution in [1.82, 2.24) is 0 Å². The minimum atomic E-state index is 0.877. The first kappa shape index (κ1) is 14.4. The van der Waals surface area contributed by atoms with Crippen LogP contribution in [0.3, 0.4) is 0 Å². The third-order valence-corrected chi connectivity index (χ3v) is 3.21. The maximum Gasteiger partial charge on any atom is 0.127 e. The van der Waals surface area contributed by atoms with Gasteiger partial charge in [0, 0.05) is 0 Å². The summed E-state index contributed by atoms with van der Waals surface area (Å²) in [6.07, 6.45) is 7.73. The molecule has 0 spiro atoms. The Balaban J connectivity index is 1.99. The summed E-state index contributed by atoms with van der Waals surface area (Å²) in [5, 5.41) is 0. The minimum absolute atomic E-state index is 0.877. The molecule has 0 aliphatic rings. The number of allylic oxidation sites excluding steroid dienone is 1. The molecular formula is C19H22O. The van der Waals surface area contributed by atoms with Gasteiger partial charge >= 0.3 is 0 Å². The lowest BCUT2D eigenvalue weighted by Gasteiger charge is -2.06. The van der Waals surface area contributed by atoms with Gasteiger partial charge in [0.15, 0.2) is 0 Å². The van der Waals surface area contributed by atoms with Crippen molar-refractivity contribution in [2.24, 2.45) is 0 Å². The van der Waals surface area contributed by atoms with Crippen LogP contribution >= 0.6 is 0 Å². The van der Waals surface area contributed by atoms with Crippen LogP contribution in [0.15, 0.2) is 54.6 Å². The normalized spacial score (nSPS) is 10.9. The van der Waals surface area contributed by atoms with Crippen molar-refractivity contribution in [2.45, 2.75) is 33.1 Å². The monoisotopic (exact) mass is 266 g/mol. The van der Waals surface area contributed by atoms with E-state index in [1.807, 2.05) is 24.3 Å². The number of aryl methyl sites for hydroxylation is 1. The van der Waals surface area contributed by atoms with Crippen molar-refractivity contribution in [1.29, 1.82) is 0 Å². The Morgan fingerprint density at radius 1 is 0.850 bits per heavy atom. The van der Waals surface area contributed by atoms with Crippen LogP contribution < -0.4 is 4.74 Å². The van der Waals surface area contributed by atoms with E-state index in [-0.39, 0.29) is 0 Å². The van der Waals surface area contributed by atoms with Crippen LogP contribution in [0.2, 0.25) is 0 Å². The molecule has 0 amide bonds. The van der Waals surface area contributed by atoms with Gasteiger partial charge in [0.2, 0.25) is 0 Å². The molecule has 0 aliphatic carbocycles. The van der Waals surface area contributed by atoms with Gasteiger partial charge in [-0.1, -0.05) is 56.7 Å². The molecule has 2 aromatic carbocycles. The van der Waals surface area contributed by atoms with Gasteiger partial charge < -0.3 is 4.74 Å². The van der Waals surface area contributed by atoms with E-state index < -0.39 is 0 Å². The molecule has 0 aromatic heterocycles. The third-order valence-electron chi connectivity index (χ3n) is 3.21. The van der Waals surface area contributed by atoms with Crippen LogP contribution in [0.4, 0.5) is 0 Å². The van der Waals surface area contributed by atoms with E-state index in [9.17, 15) is 0 Å². The molecule has 0 bridgehead atoms. The SMILES string of the molecule is CCC/C=C/c1ccc(Oc2ccc(CC)cc2)cc1. The summed E-state index contributed by atoms with van der Waals surface area (Å²) in [4.78, 5) is 0. The number of hydrogen-bond donors (Lipinski definition) is 0. The van der Waals surface area contributed by atoms with Gasteiger partial charge in [-0.3, -0.25) is 0 Å². The zero-order valence-electron chi connectivity index (χ0n) is 12.3. The van der Waals surface area contributed by atoms with Crippen molar-refractivity contribution in [3.8, 4) is 11.5 Å². The van der Waals surface area contributed by atoms with Crippen LogP contribution in [0.1, 0.15) is 37.8 Å². The maximum atomic E-state index is 5.83. The Morgan fingerprint density at radius 2 is 1.45 bits per heavy atom. The lowest BCUT2D eigenvalue weighted by Crippen LogP contribution is -1.85. The van der Waals surface area contributed by atoms with Gasteiger partial charge in [-0.15, -0.1) is 0 Å². The van der Waals surface area contributed by atoms with E-state index >= 15 is 0 Å². The molecule has 2 aromatic rings. The molecule has 0 unspecified atom stereocenters. The predicted octanol–water partition coefficient (Wildman–Crippen LogP) is 5.85. The number of rotatable bonds is 6. The molecule has 0 radical (unpaired) electrons. The molecule has 0 N–H and O–H groups in total. The second-order valence-corrected chi connectivity index (χ2v) is 4.86. The van der Waals surface area contributed by atoms with Crippen LogP contribution in [-0.2, 0) is 6.42 Å². The van der Waals surface area contributed by atoms with Crippen LogP contribution in [0.5, 0.6) is 11.5 Å². The summed E-state index contributed by atoms with van der Waals surface area (Å²) >= 11 is 0. The Morgan fingerprint density at radius 3 is 2.00 bits per heavy atom. The largest absolute Gasteiger partial charge is 0.457 e. The first-order valence-corrected chi connectivity index (χ1v) is 7.35. The lowest BCUT2D eigenvalue weighted by atomic mass is 10.1. The lowest BCUT2D eigenvalue weighted by molar-refractivity contribution is 0.482. The molecule has 0 atom stereocenters. The zero-order valence-corrected chi connectivity index (χ0v) is 12.3. The number of hydrogen-bond acceptors (Lipinski definition) is 1. The van der Waals surface area contributed by atoms with Crippen LogP contribution in [-0.4, -0.2) is 0 Å². The smallest absolute Gasteiger partial charge is 0.127 e. The van der Waals surface area contributed by atoms with E-state index in [2.05, 4.69) is 50.3 Å². The highest BCUT2D eigenvalue weighted by atomic mass is 16.5. The second kappa shape index (κ2) is 7.54. The summed E-state index contributed by atoms with van der Waals surface area (Å²) in [5.74, 6) is 1.76. The van der Waals surface area contributed by atoms with E-state index in [1.54, 1.807) is 0 Å². The molecule has 104 valence electrons. The van der Waals surface area contributed by atoms with Gasteiger partial charge in [0.25, 0.3) is 0 Å². The average Bonchev–Trinajstić information content (AvgIpc) is 2.50. The highest BCUT2D eigenvalue weighted by Crippen LogP contribution is 2.22. The van der Waals surface area contributed by atoms with E-state index in [4.69, 9.17) is 4.74 Å². The first-order valence-electron chi connectivity index (χ1n) is 7.35. The Kier molecular flexibility index (Phi) is 5.43. The standard InChI is InChI=1S/C19H22O/c1-3-5-6-7-17-10-14-19(15-11-17)20-18-12-8-16(4-2)9-13-18/h6-15H,3-5H2,1-2H3/b7-6+. The Hall–Kier alpha value is -2.02. The highest BCUT2D eigenvalue weighted by Gasteiger charge is 1.97. The summed E-state index contributed by atoms with van der Waals surface area (Å²) < 4.78 is 5.83. The van der Waals surface area contributed by atoms with Gasteiger partial charge in [-0.05, 0) is 48.2 Å². The van der Waals surface area contributed by atoms with Crippen molar-refractivity contribution >= 4 is 6.08 Å². The summed E-state index contributed by atoms with van der Waals surface area (Å²) in [6.45, 7) is 4.34. The van der Waals surface area contributed by atoms with Crippen molar-refractivity contribution in [2.75, 3.05) is 0 Å². The molecule has 0 fully saturated rings. The third kappa shape index (κ3) is 4.27. The Bertz CT molecular complexity index is 535. The maximum absolute atomic E-state index is 5.83. The number of ether oxygens (including phenoxy) is 1. The first-order chi connectivity index (χ1) is 9.81. The average molecular weight is 266 g/mol. The Labute approximate surface area is 121 Å². The van der Waals surface area contributed by atoms with Crippen LogP contribution in [0.25, 0.3) is 6.08 Å². The molecule has 1 nitrogen and oxygen atoms in total. The second-order valence-electron chi connectivity index (χ2n) is 4.86. The molecule has 0 aliphatic heterocycles.